The second-order valence-corrected chi connectivity index (χ2v) is 6.99. The number of anilines is 2. The molecule has 2 rings (SSSR count). The number of nitrogens with zero attached hydrogens (tertiary/aromatic N) is 1. The lowest BCUT2D eigenvalue weighted by Gasteiger charge is -2.10. The number of sulfonamides is 1. The van der Waals surface area contributed by atoms with Gasteiger partial charge in [-0.3, -0.25) is 9.52 Å². The molecule has 124 valence electrons. The zero-order chi connectivity index (χ0) is 17.7. The molecule has 0 saturated carbocycles. The number of hydrogen-bond acceptors (Lipinski definition) is 4. The molecule has 0 aliphatic heterocycles. The molecule has 6 nitrogen and oxygen atoms in total. The Morgan fingerprint density at radius 3 is 2.25 bits per heavy atom. The molecule has 0 spiro atoms. The summed E-state index contributed by atoms with van der Waals surface area (Å²) in [5, 5.41) is 11.0. The second kappa shape index (κ2) is 7.15. The van der Waals surface area contributed by atoms with Crippen LogP contribution in [0.2, 0.25) is 0 Å². The standard InChI is InChI=1S/C17H17N3O3S/c1-12-3-4-15(11-13(12)2)20-24(22,23)16-7-5-14(6-8-16)19-17(21)9-10-18/h3-8,11,20H,9H2,1-2H3,(H,19,21). The molecule has 0 aliphatic rings. The van der Waals surface area contributed by atoms with Crippen molar-refractivity contribution >= 4 is 27.3 Å². The highest BCUT2D eigenvalue weighted by atomic mass is 32.2. The fourth-order valence-electron chi connectivity index (χ4n) is 2.01. The smallest absolute Gasteiger partial charge is 0.261 e. The van der Waals surface area contributed by atoms with Crippen molar-refractivity contribution in [1.82, 2.24) is 0 Å². The molecule has 24 heavy (non-hydrogen) atoms. The van der Waals surface area contributed by atoms with Crippen LogP contribution in [0.15, 0.2) is 47.4 Å². The summed E-state index contributed by atoms with van der Waals surface area (Å²) in [7, 11) is -3.71. The van der Waals surface area contributed by atoms with Crippen LogP contribution in [-0.4, -0.2) is 14.3 Å². The van der Waals surface area contributed by atoms with Crippen LogP contribution in [0.1, 0.15) is 17.5 Å². The quantitative estimate of drug-likeness (QED) is 0.872. The number of amides is 1. The Hall–Kier alpha value is -2.85. The van der Waals surface area contributed by atoms with E-state index in [4.69, 9.17) is 5.26 Å². The molecule has 0 heterocycles. The maximum Gasteiger partial charge on any atom is 0.261 e. The monoisotopic (exact) mass is 343 g/mol. The first-order valence-corrected chi connectivity index (χ1v) is 8.67. The van der Waals surface area contributed by atoms with Gasteiger partial charge < -0.3 is 5.32 Å². The first kappa shape index (κ1) is 17.5. The summed E-state index contributed by atoms with van der Waals surface area (Å²) in [6, 6.07) is 12.8. The third-order valence-corrected chi connectivity index (χ3v) is 4.84. The summed E-state index contributed by atoms with van der Waals surface area (Å²) in [6.07, 6.45) is -0.256. The first-order valence-electron chi connectivity index (χ1n) is 7.19. The SMILES string of the molecule is Cc1ccc(NS(=O)(=O)c2ccc(NC(=O)CC#N)cc2)cc1C. The van der Waals surface area contributed by atoms with Crippen LogP contribution < -0.4 is 10.0 Å². The molecule has 0 atom stereocenters. The number of aryl methyl sites for hydroxylation is 2. The number of nitriles is 1. The van der Waals surface area contributed by atoms with E-state index in [0.29, 0.717) is 11.4 Å². The van der Waals surface area contributed by atoms with Crippen LogP contribution in [0, 0.1) is 25.2 Å². The number of carbonyl (C=O) groups is 1. The largest absolute Gasteiger partial charge is 0.325 e. The highest BCUT2D eigenvalue weighted by Crippen LogP contribution is 2.20. The molecule has 7 heteroatoms. The second-order valence-electron chi connectivity index (χ2n) is 5.31. The van der Waals surface area contributed by atoms with Gasteiger partial charge >= 0.3 is 0 Å². The number of rotatable bonds is 5. The Morgan fingerprint density at radius 2 is 1.67 bits per heavy atom. The van der Waals surface area contributed by atoms with Crippen molar-refractivity contribution in [2.75, 3.05) is 10.0 Å². The van der Waals surface area contributed by atoms with Crippen molar-refractivity contribution in [3.8, 4) is 6.07 Å². The van der Waals surface area contributed by atoms with Crippen LogP contribution in [0.5, 0.6) is 0 Å². The van der Waals surface area contributed by atoms with Gasteiger partial charge in [-0.25, -0.2) is 8.42 Å². The molecule has 0 aliphatic carbocycles. The lowest BCUT2D eigenvalue weighted by Crippen LogP contribution is -2.14. The zero-order valence-electron chi connectivity index (χ0n) is 13.3. The van der Waals surface area contributed by atoms with Gasteiger partial charge in [0.2, 0.25) is 5.91 Å². The summed E-state index contributed by atoms with van der Waals surface area (Å²) in [6.45, 7) is 3.86. The van der Waals surface area contributed by atoms with Crippen LogP contribution in [0.25, 0.3) is 0 Å². The third-order valence-electron chi connectivity index (χ3n) is 3.45. The molecule has 0 radical (unpaired) electrons. The maximum absolute atomic E-state index is 12.4. The van der Waals surface area contributed by atoms with E-state index in [1.54, 1.807) is 18.2 Å². The minimum absolute atomic E-state index is 0.0824. The van der Waals surface area contributed by atoms with Crippen LogP contribution >= 0.6 is 0 Å². The van der Waals surface area contributed by atoms with Gasteiger partial charge in [0, 0.05) is 11.4 Å². The van der Waals surface area contributed by atoms with Gasteiger partial charge in [0.05, 0.1) is 11.0 Å². The van der Waals surface area contributed by atoms with Crippen molar-refractivity contribution < 1.29 is 13.2 Å². The van der Waals surface area contributed by atoms with E-state index in [2.05, 4.69) is 10.0 Å². The maximum atomic E-state index is 12.4. The zero-order valence-corrected chi connectivity index (χ0v) is 14.1. The van der Waals surface area contributed by atoms with Gasteiger partial charge in [0.1, 0.15) is 6.42 Å². The molecule has 2 N–H and O–H groups in total. The van der Waals surface area contributed by atoms with Gasteiger partial charge in [-0.2, -0.15) is 5.26 Å². The molecule has 0 saturated heterocycles. The number of benzene rings is 2. The van der Waals surface area contributed by atoms with E-state index in [1.807, 2.05) is 19.9 Å². The number of carbonyl (C=O) groups excluding carboxylic acids is 1. The number of nitrogens with one attached hydrogen (secondary N) is 2. The summed E-state index contributed by atoms with van der Waals surface area (Å²) in [5.41, 5.74) is 2.99. The van der Waals surface area contributed by atoms with Crippen molar-refractivity contribution in [3.05, 3.63) is 53.6 Å². The van der Waals surface area contributed by atoms with Crippen molar-refractivity contribution in [3.63, 3.8) is 0 Å². The molecule has 0 bridgehead atoms. The van der Waals surface area contributed by atoms with Gasteiger partial charge in [-0.1, -0.05) is 6.07 Å². The van der Waals surface area contributed by atoms with E-state index >= 15 is 0 Å². The lowest BCUT2D eigenvalue weighted by molar-refractivity contribution is -0.115. The van der Waals surface area contributed by atoms with E-state index in [9.17, 15) is 13.2 Å². The normalized spacial score (nSPS) is 10.7. The fraction of sp³-hybridized carbons (Fsp3) is 0.176. The predicted octanol–water partition coefficient (Wildman–Crippen LogP) is 2.96. The van der Waals surface area contributed by atoms with E-state index in [0.717, 1.165) is 11.1 Å². The molecule has 0 aromatic heterocycles. The van der Waals surface area contributed by atoms with Crippen LogP contribution in [-0.2, 0) is 14.8 Å². The summed E-state index contributed by atoms with van der Waals surface area (Å²) < 4.78 is 27.3. The van der Waals surface area contributed by atoms with E-state index in [1.165, 1.54) is 24.3 Å². The fourth-order valence-corrected chi connectivity index (χ4v) is 3.06. The third kappa shape index (κ3) is 4.33. The highest BCUT2D eigenvalue weighted by molar-refractivity contribution is 7.92. The molecule has 0 fully saturated rings. The average Bonchev–Trinajstić information content (AvgIpc) is 2.51. The highest BCUT2D eigenvalue weighted by Gasteiger charge is 2.14. The molecule has 0 unspecified atom stereocenters. The lowest BCUT2D eigenvalue weighted by atomic mass is 10.1. The van der Waals surface area contributed by atoms with E-state index < -0.39 is 15.9 Å². The topological polar surface area (TPSA) is 99.1 Å². The average molecular weight is 343 g/mol. The molecule has 1 amide bonds. The molecular formula is C17H17N3O3S. The number of hydrogen-bond donors (Lipinski definition) is 2. The van der Waals surface area contributed by atoms with Gasteiger partial charge in [0.25, 0.3) is 10.0 Å². The van der Waals surface area contributed by atoms with Crippen molar-refractivity contribution in [2.45, 2.75) is 25.2 Å². The van der Waals surface area contributed by atoms with Gasteiger partial charge in [0.15, 0.2) is 0 Å². The molecule has 2 aromatic carbocycles. The minimum atomic E-state index is -3.71. The summed E-state index contributed by atoms with van der Waals surface area (Å²) >= 11 is 0. The Labute approximate surface area is 141 Å². The molecular weight excluding hydrogens is 326 g/mol. The molecule has 2 aromatic rings. The van der Waals surface area contributed by atoms with Crippen LogP contribution in [0.3, 0.4) is 0 Å². The Bertz CT molecular complexity index is 898. The summed E-state index contributed by atoms with van der Waals surface area (Å²) in [5.74, 6) is -0.443. The Kier molecular flexibility index (Phi) is 5.21. The first-order chi connectivity index (χ1) is 11.3. The summed E-state index contributed by atoms with van der Waals surface area (Å²) in [4.78, 5) is 11.4. The Morgan fingerprint density at radius 1 is 1.04 bits per heavy atom. The minimum Gasteiger partial charge on any atom is -0.325 e. The van der Waals surface area contributed by atoms with Gasteiger partial charge in [-0.05, 0) is 61.4 Å². The predicted molar refractivity (Wildman–Crippen MR) is 92.0 cm³/mol. The van der Waals surface area contributed by atoms with Crippen molar-refractivity contribution in [2.24, 2.45) is 0 Å². The van der Waals surface area contributed by atoms with Crippen molar-refractivity contribution in [1.29, 1.82) is 5.26 Å². The van der Waals surface area contributed by atoms with E-state index in [-0.39, 0.29) is 11.3 Å². The van der Waals surface area contributed by atoms with Crippen LogP contribution in [0.4, 0.5) is 11.4 Å². The van der Waals surface area contributed by atoms with Gasteiger partial charge in [-0.15, -0.1) is 0 Å². The Balaban J connectivity index is 2.16.